The number of hydrogen-bond acceptors (Lipinski definition) is 17. The molecule has 1 rings (SSSR count). The summed E-state index contributed by atoms with van der Waals surface area (Å²) in [5.74, 6) is -2.97. The van der Waals surface area contributed by atoms with Crippen LogP contribution in [0.25, 0.3) is 0 Å². The minimum atomic E-state index is -5.53. The summed E-state index contributed by atoms with van der Waals surface area (Å²) < 4.78 is 50.1. The van der Waals surface area contributed by atoms with E-state index in [1.165, 1.54) is 6.42 Å². The lowest BCUT2D eigenvalue weighted by Crippen LogP contribution is -2.64. The number of ether oxygens (including phenoxy) is 2. The first-order valence-electron chi connectivity index (χ1n) is 26.7. The molecule has 0 aliphatic heterocycles. The smallest absolute Gasteiger partial charge is 0.472 e. The van der Waals surface area contributed by atoms with Crippen molar-refractivity contribution in [2.24, 2.45) is 5.73 Å². The Morgan fingerprint density at radius 3 is 1.74 bits per heavy atom. The summed E-state index contributed by atoms with van der Waals surface area (Å²) in [6, 6.07) is -1.41. The number of carboxylic acids is 1. The number of rotatable bonds is 44. The number of nitrogens with two attached hydrogens (primary N) is 1. The molecule has 0 amide bonds. The predicted molar refractivity (Wildman–Crippen MR) is 297 cm³/mol. The summed E-state index contributed by atoms with van der Waals surface area (Å²) in [6.45, 7) is 2.50. The zero-order valence-corrected chi connectivity index (χ0v) is 47.4. The van der Waals surface area contributed by atoms with E-state index in [4.69, 9.17) is 29.4 Å². The number of carbonyl (C=O) groups is 3. The van der Waals surface area contributed by atoms with Gasteiger partial charge >= 0.3 is 33.6 Å². The summed E-state index contributed by atoms with van der Waals surface area (Å²) in [6.07, 6.45) is 30.8. The quantitative estimate of drug-likeness (QED) is 0.00906. The maximum Gasteiger partial charge on any atom is 0.472 e. The topological polar surface area (TPSA) is 340 Å². The van der Waals surface area contributed by atoms with Crippen LogP contribution in [0, 0.1) is 0 Å². The van der Waals surface area contributed by atoms with Gasteiger partial charge in [-0.3, -0.25) is 28.0 Å². The molecule has 1 aliphatic rings. The molecule has 0 radical (unpaired) electrons. The van der Waals surface area contributed by atoms with Crippen LogP contribution in [0.4, 0.5) is 0 Å². The van der Waals surface area contributed by atoms with Crippen molar-refractivity contribution in [3.63, 3.8) is 0 Å². The fraction of sp³-hybridized carbons (Fsp3) is 0.648. The number of unbranched alkanes of at least 4 members (excludes halogenated alkanes) is 9. The van der Waals surface area contributed by atoms with E-state index >= 15 is 0 Å². The molecule has 0 aromatic heterocycles. The highest BCUT2D eigenvalue weighted by molar-refractivity contribution is 8.00. The summed E-state index contributed by atoms with van der Waals surface area (Å²) in [5.41, 5.74) is 6.22. The molecule has 0 bridgehead atoms. The van der Waals surface area contributed by atoms with Gasteiger partial charge in [-0.05, 0) is 77.0 Å². The molecular weight excluding hydrogens is 1060 g/mol. The van der Waals surface area contributed by atoms with E-state index in [1.54, 1.807) is 24.3 Å². The second-order valence-corrected chi connectivity index (χ2v) is 22.2. The molecule has 0 aromatic rings. The van der Waals surface area contributed by atoms with Crippen LogP contribution in [0.5, 0.6) is 0 Å². The van der Waals surface area contributed by atoms with Gasteiger partial charge in [0.2, 0.25) is 0 Å². The standard InChI is InChI=1S/C54H89NO19P2S/c1-3-5-7-9-11-13-15-17-18-19-20-21-22-23-25-27-29-31-33-38-47(59)70-39-42(40-71-76(68,69)74-53-51(63)49(61)48(60)50(62)52(53)73-75(65,66)67)72-54(64)43(55)41-77-45(44(56)35-34-37-46(57)58)36-32-30-28-26-24-16-14-12-10-8-6-4-2/h5,7,11-14,17-18,20-21,24,26,28,30,32,36,42-45,48-53,56,60-63H,3-4,6,8-10,15-16,19,22-23,25,27,29,31,33-35,37-41,55H2,1-2H3,(H,57,58)(H,68,69)(H2,65,66,67)/b7-5-,13-11-,14-12-,18-17-,21-20-,26-24-,30-28+,36-32+/t42-,43+,44+,45-,48+,49+,50-,51-,52-,53+/m1/s1. The van der Waals surface area contributed by atoms with E-state index in [2.05, 4.69) is 79.1 Å². The second kappa shape index (κ2) is 43.5. The summed E-state index contributed by atoms with van der Waals surface area (Å²) in [7, 11) is -11.1. The number of allylic oxidation sites excluding steroid dienone is 15. The van der Waals surface area contributed by atoms with Gasteiger partial charge in [-0.1, -0.05) is 150 Å². The SMILES string of the molecule is CC/C=C\C/C=C\C/C=C\C/C=C\CCCCCCCCC(=O)OC[C@H](COP(=O)(O)O[C@H]1[C@H](O)[C@@H](O)[C@H](O)[C@@H](O)[C@H]1OP(=O)(O)O)OC(=O)[C@@H](N)CS[C@H](/C=C/C=C/C=C\C/C=C\CCCCC)[C@@H](O)CCCC(=O)O. The highest BCUT2D eigenvalue weighted by atomic mass is 32.2. The molecule has 1 unspecified atom stereocenters. The Morgan fingerprint density at radius 2 is 1.16 bits per heavy atom. The van der Waals surface area contributed by atoms with Crippen LogP contribution in [0.15, 0.2) is 97.2 Å². The van der Waals surface area contributed by atoms with Gasteiger partial charge in [0.25, 0.3) is 0 Å². The van der Waals surface area contributed by atoms with Gasteiger partial charge in [-0.15, -0.1) is 11.8 Å². The van der Waals surface area contributed by atoms with Crippen LogP contribution in [-0.4, -0.2) is 142 Å². The van der Waals surface area contributed by atoms with Gasteiger partial charge in [-0.25, -0.2) is 9.13 Å². The molecule has 1 fully saturated rings. The first kappa shape index (κ1) is 71.7. The Hall–Kier alpha value is -3.34. The lowest BCUT2D eigenvalue weighted by Gasteiger charge is -2.43. The number of hydrogen-bond donors (Lipinski definition) is 10. The lowest BCUT2D eigenvalue weighted by atomic mass is 9.85. The van der Waals surface area contributed by atoms with Crippen molar-refractivity contribution in [1.29, 1.82) is 0 Å². The summed E-state index contributed by atoms with van der Waals surface area (Å²) in [4.78, 5) is 66.8. The number of carbonyl (C=O) groups excluding carboxylic acids is 2. The third kappa shape index (κ3) is 36.5. The molecule has 11 atom stereocenters. The number of phosphoric ester groups is 2. The van der Waals surface area contributed by atoms with Crippen molar-refractivity contribution in [2.45, 2.75) is 202 Å². The molecule has 0 spiro atoms. The van der Waals surface area contributed by atoms with Crippen molar-refractivity contribution in [1.82, 2.24) is 0 Å². The lowest BCUT2D eigenvalue weighted by molar-refractivity contribution is -0.216. The largest absolute Gasteiger partial charge is 0.481 e. The third-order valence-corrected chi connectivity index (χ3v) is 14.6. The Balaban J connectivity index is 2.98. The Morgan fingerprint density at radius 1 is 0.623 bits per heavy atom. The zero-order chi connectivity index (χ0) is 57.3. The molecule has 1 saturated carbocycles. The first-order chi connectivity index (χ1) is 36.7. The maximum atomic E-state index is 13.4. The number of carboxylic acid groups (broad SMARTS) is 1. The van der Waals surface area contributed by atoms with E-state index in [0.29, 0.717) is 6.42 Å². The molecule has 23 heteroatoms. The van der Waals surface area contributed by atoms with E-state index in [0.717, 1.165) is 102 Å². The molecule has 1 aliphatic carbocycles. The number of aliphatic carboxylic acids is 1. The fourth-order valence-corrected chi connectivity index (χ4v) is 10.0. The molecule has 440 valence electrons. The Kier molecular flexibility index (Phi) is 40.5. The number of phosphoric acid groups is 2. The third-order valence-electron chi connectivity index (χ3n) is 11.6. The van der Waals surface area contributed by atoms with Crippen molar-refractivity contribution in [2.75, 3.05) is 19.0 Å². The van der Waals surface area contributed by atoms with Crippen molar-refractivity contribution < 1.29 is 91.9 Å². The van der Waals surface area contributed by atoms with Gasteiger partial charge in [0.15, 0.2) is 6.10 Å². The van der Waals surface area contributed by atoms with Gasteiger partial charge in [0, 0.05) is 23.8 Å². The molecule has 0 saturated heterocycles. The Bertz CT molecular complexity index is 1970. The number of esters is 2. The van der Waals surface area contributed by atoms with Crippen LogP contribution >= 0.6 is 27.4 Å². The normalized spacial score (nSPS) is 22.1. The predicted octanol–water partition coefficient (Wildman–Crippen LogP) is 8.04. The van der Waals surface area contributed by atoms with Crippen LogP contribution in [-0.2, 0) is 46.6 Å². The Labute approximate surface area is 459 Å². The van der Waals surface area contributed by atoms with Crippen molar-refractivity contribution in [3.05, 3.63) is 97.2 Å². The van der Waals surface area contributed by atoms with E-state index in [-0.39, 0.29) is 31.4 Å². The fourth-order valence-electron chi connectivity index (χ4n) is 7.38. The number of thioether (sulfide) groups is 1. The molecule has 20 nitrogen and oxygen atoms in total. The van der Waals surface area contributed by atoms with Gasteiger partial charge in [-0.2, -0.15) is 0 Å². The van der Waals surface area contributed by atoms with Crippen LogP contribution < -0.4 is 5.73 Å². The molecule has 11 N–H and O–H groups in total. The van der Waals surface area contributed by atoms with Gasteiger partial charge < -0.3 is 60.5 Å². The summed E-state index contributed by atoms with van der Waals surface area (Å²) >= 11 is 1.07. The number of aliphatic hydroxyl groups excluding tert-OH is 5. The minimum Gasteiger partial charge on any atom is -0.481 e. The van der Waals surface area contributed by atoms with Crippen molar-refractivity contribution in [3.8, 4) is 0 Å². The highest BCUT2D eigenvalue weighted by Gasteiger charge is 2.54. The average Bonchev–Trinajstić information content (AvgIpc) is 3.38. The average molecular weight is 1150 g/mol. The molecule has 0 aromatic carbocycles. The molecule has 0 heterocycles. The first-order valence-corrected chi connectivity index (χ1v) is 30.8. The second-order valence-electron chi connectivity index (χ2n) is 18.4. The van der Waals surface area contributed by atoms with Gasteiger partial charge in [0.1, 0.15) is 49.3 Å². The van der Waals surface area contributed by atoms with Crippen LogP contribution in [0.2, 0.25) is 0 Å². The molecule has 77 heavy (non-hydrogen) atoms. The van der Waals surface area contributed by atoms with E-state index in [1.807, 2.05) is 12.2 Å². The minimum absolute atomic E-state index is 0.00994. The number of aliphatic hydroxyl groups is 5. The monoisotopic (exact) mass is 1150 g/mol. The van der Waals surface area contributed by atoms with Crippen LogP contribution in [0.3, 0.4) is 0 Å². The van der Waals surface area contributed by atoms with Gasteiger partial charge in [0.05, 0.1) is 12.7 Å². The van der Waals surface area contributed by atoms with Crippen LogP contribution in [0.1, 0.15) is 142 Å². The van der Waals surface area contributed by atoms with Crippen molar-refractivity contribution >= 4 is 45.3 Å². The maximum absolute atomic E-state index is 13.4. The molecular formula is C54H89NO19P2S. The van der Waals surface area contributed by atoms with E-state index < -0.39 is 107 Å². The summed E-state index contributed by atoms with van der Waals surface area (Å²) in [5, 5.41) is 60.7. The highest BCUT2D eigenvalue weighted by Crippen LogP contribution is 2.50. The zero-order valence-electron chi connectivity index (χ0n) is 44.8. The van der Waals surface area contributed by atoms with E-state index in [9.17, 15) is 63.7 Å².